The molecule has 0 radical (unpaired) electrons. The van der Waals surface area contributed by atoms with Gasteiger partial charge in [0, 0.05) is 42.7 Å². The topological polar surface area (TPSA) is 105 Å². The van der Waals surface area contributed by atoms with Gasteiger partial charge in [-0.1, -0.05) is 5.16 Å². The van der Waals surface area contributed by atoms with Crippen molar-refractivity contribution >= 4 is 35.6 Å². The van der Waals surface area contributed by atoms with Crippen molar-refractivity contribution < 1.29 is 4.52 Å². The molecule has 3 aromatic rings. The fourth-order valence-electron chi connectivity index (χ4n) is 3.24. The number of nitrogens with zero attached hydrogens (tertiary/aromatic N) is 5. The van der Waals surface area contributed by atoms with Crippen LogP contribution in [0.1, 0.15) is 43.2 Å². The number of hydrogen-bond acceptors (Lipinski definition) is 7. The Balaban J connectivity index is 0.00000225. The van der Waals surface area contributed by atoms with Crippen LogP contribution in [0.2, 0.25) is 0 Å². The van der Waals surface area contributed by atoms with Gasteiger partial charge < -0.3 is 14.8 Å². The Morgan fingerprint density at radius 3 is 2.93 bits per heavy atom. The number of aromatic nitrogens is 5. The van der Waals surface area contributed by atoms with Crippen LogP contribution in [0.15, 0.2) is 21.6 Å². The van der Waals surface area contributed by atoms with Crippen LogP contribution in [0.4, 0.5) is 0 Å². The quantitative estimate of drug-likeness (QED) is 0.682. The Bertz CT molecular complexity index is 1040. The van der Waals surface area contributed by atoms with Crippen LogP contribution in [0, 0.1) is 0 Å². The molecule has 0 aliphatic carbocycles. The highest BCUT2D eigenvalue weighted by Gasteiger charge is 2.24. The largest absolute Gasteiger partial charge is 0.335 e. The molecule has 1 unspecified atom stereocenters. The van der Waals surface area contributed by atoms with E-state index in [0.29, 0.717) is 17.3 Å². The lowest BCUT2D eigenvalue weighted by atomic mass is 10.2. The van der Waals surface area contributed by atoms with E-state index in [1.807, 2.05) is 27.0 Å². The van der Waals surface area contributed by atoms with E-state index >= 15 is 0 Å². The summed E-state index contributed by atoms with van der Waals surface area (Å²) in [5, 5.41) is 12.6. The molecule has 0 amide bonds. The molecule has 0 spiro atoms. The Morgan fingerprint density at radius 2 is 2.18 bits per heavy atom. The summed E-state index contributed by atoms with van der Waals surface area (Å²) in [7, 11) is 2.05. The molecule has 4 heterocycles. The number of fused-ring (bicyclic) bond motifs is 1. The van der Waals surface area contributed by atoms with Crippen LogP contribution >= 0.6 is 12.4 Å². The summed E-state index contributed by atoms with van der Waals surface area (Å²) in [4.78, 5) is 21.9. The first-order chi connectivity index (χ1) is 13.0. The van der Waals surface area contributed by atoms with Gasteiger partial charge in [-0.2, -0.15) is 10.1 Å². The first-order valence-corrected chi connectivity index (χ1v) is 9.06. The van der Waals surface area contributed by atoms with Gasteiger partial charge in [-0.05, 0) is 33.0 Å². The Kier molecular flexibility index (Phi) is 5.97. The molecule has 28 heavy (non-hydrogen) atoms. The van der Waals surface area contributed by atoms with Gasteiger partial charge in [0.25, 0.3) is 11.4 Å². The van der Waals surface area contributed by atoms with Crippen molar-refractivity contribution in [1.82, 2.24) is 35.1 Å². The number of pyridine rings is 1. The average molecular weight is 406 g/mol. The van der Waals surface area contributed by atoms with Crippen LogP contribution < -0.4 is 10.9 Å². The molecule has 1 atom stereocenters. The zero-order valence-corrected chi connectivity index (χ0v) is 16.9. The third-order valence-corrected chi connectivity index (χ3v) is 4.79. The first kappa shape index (κ1) is 20.2. The van der Waals surface area contributed by atoms with Gasteiger partial charge in [0.2, 0.25) is 0 Å². The number of aromatic amines is 1. The van der Waals surface area contributed by atoms with Crippen LogP contribution in [0.25, 0.3) is 23.2 Å². The lowest BCUT2D eigenvalue weighted by Crippen LogP contribution is -2.44. The van der Waals surface area contributed by atoms with Crippen molar-refractivity contribution in [2.75, 3.05) is 26.7 Å². The molecule has 0 saturated carbocycles. The van der Waals surface area contributed by atoms with E-state index in [4.69, 9.17) is 4.52 Å². The maximum Gasteiger partial charge on any atom is 0.256 e. The monoisotopic (exact) mass is 405 g/mol. The zero-order chi connectivity index (χ0) is 19.0. The number of H-pyrrole nitrogens is 1. The second-order valence-electron chi connectivity index (χ2n) is 7.07. The van der Waals surface area contributed by atoms with E-state index in [1.54, 1.807) is 23.0 Å². The lowest BCUT2D eigenvalue weighted by molar-refractivity contribution is 0.190. The molecular weight excluding hydrogens is 382 g/mol. The van der Waals surface area contributed by atoms with Crippen molar-refractivity contribution in [1.29, 1.82) is 0 Å². The molecule has 1 saturated heterocycles. The molecule has 1 aliphatic heterocycles. The van der Waals surface area contributed by atoms with Gasteiger partial charge in [-0.15, -0.1) is 12.4 Å². The van der Waals surface area contributed by atoms with Crippen LogP contribution in [-0.4, -0.2) is 56.5 Å². The van der Waals surface area contributed by atoms with Gasteiger partial charge in [-0.25, -0.2) is 4.68 Å². The minimum atomic E-state index is -0.183. The van der Waals surface area contributed by atoms with Crippen molar-refractivity contribution in [3.05, 3.63) is 39.9 Å². The summed E-state index contributed by atoms with van der Waals surface area (Å²) in [5.74, 6) is 1.02. The fraction of sp³-hybridized carbons (Fsp3) is 0.444. The number of piperazine rings is 1. The SMILES string of the molecule is CC(C)n1ncc2cc(/C=C/c3nc(C4CNCCN4C)no3)c(=O)[nH]c21.Cl. The molecule has 1 fully saturated rings. The minimum Gasteiger partial charge on any atom is -0.335 e. The molecule has 150 valence electrons. The number of hydrogen-bond donors (Lipinski definition) is 2. The summed E-state index contributed by atoms with van der Waals surface area (Å²) in [6.45, 7) is 6.71. The second-order valence-corrected chi connectivity index (χ2v) is 7.07. The van der Waals surface area contributed by atoms with Crippen molar-refractivity contribution in [3.63, 3.8) is 0 Å². The van der Waals surface area contributed by atoms with E-state index in [2.05, 4.69) is 30.4 Å². The van der Waals surface area contributed by atoms with Gasteiger partial charge >= 0.3 is 0 Å². The number of halogens is 1. The van der Waals surface area contributed by atoms with E-state index in [9.17, 15) is 4.79 Å². The third-order valence-electron chi connectivity index (χ3n) is 4.79. The summed E-state index contributed by atoms with van der Waals surface area (Å²) < 4.78 is 7.11. The summed E-state index contributed by atoms with van der Waals surface area (Å²) in [6.07, 6.45) is 5.10. The first-order valence-electron chi connectivity index (χ1n) is 9.06. The van der Waals surface area contributed by atoms with Gasteiger partial charge in [0.05, 0.1) is 12.2 Å². The molecule has 0 bridgehead atoms. The zero-order valence-electron chi connectivity index (χ0n) is 16.0. The summed E-state index contributed by atoms with van der Waals surface area (Å²) in [5.41, 5.74) is 1.05. The molecule has 10 heteroatoms. The van der Waals surface area contributed by atoms with Crippen LogP contribution in [0.3, 0.4) is 0 Å². The van der Waals surface area contributed by atoms with E-state index in [1.165, 1.54) is 0 Å². The second kappa shape index (κ2) is 8.26. The molecule has 2 N–H and O–H groups in total. The maximum atomic E-state index is 12.4. The average Bonchev–Trinajstić information content (AvgIpc) is 3.27. The smallest absolute Gasteiger partial charge is 0.256 e. The predicted molar refractivity (Wildman–Crippen MR) is 109 cm³/mol. The molecule has 1 aliphatic rings. The van der Waals surface area contributed by atoms with Crippen molar-refractivity contribution in [2.45, 2.75) is 25.9 Å². The highest BCUT2D eigenvalue weighted by Crippen LogP contribution is 2.19. The number of likely N-dealkylation sites (N-methyl/N-ethyl adjacent to an activating group) is 1. The van der Waals surface area contributed by atoms with E-state index < -0.39 is 0 Å². The van der Waals surface area contributed by atoms with Gasteiger partial charge in [0.15, 0.2) is 5.82 Å². The molecule has 3 aromatic heterocycles. The summed E-state index contributed by atoms with van der Waals surface area (Å²) >= 11 is 0. The highest BCUT2D eigenvalue weighted by molar-refractivity contribution is 5.85. The lowest BCUT2D eigenvalue weighted by Gasteiger charge is -2.30. The van der Waals surface area contributed by atoms with E-state index in [-0.39, 0.29) is 30.0 Å². The Morgan fingerprint density at radius 1 is 1.36 bits per heavy atom. The molecule has 9 nitrogen and oxygen atoms in total. The number of nitrogens with one attached hydrogen (secondary N) is 2. The Labute approximate surface area is 168 Å². The molecule has 0 aromatic carbocycles. The standard InChI is InChI=1S/C18H23N7O2.ClH/c1-11(2)25-17-13(9-20-25)8-12(18(26)22-17)4-5-15-21-16(23-27-15)14-10-19-6-7-24(14)3;/h4-5,8-9,11,14,19H,6-7,10H2,1-3H3,(H,22,26);1H/b5-4+;. The fourth-order valence-corrected chi connectivity index (χ4v) is 3.24. The van der Waals surface area contributed by atoms with Crippen molar-refractivity contribution in [2.24, 2.45) is 0 Å². The minimum absolute atomic E-state index is 0. The molecule has 4 rings (SSSR count). The maximum absolute atomic E-state index is 12.4. The highest BCUT2D eigenvalue weighted by atomic mass is 35.5. The predicted octanol–water partition coefficient (Wildman–Crippen LogP) is 1.86. The van der Waals surface area contributed by atoms with Gasteiger partial charge in [-0.3, -0.25) is 9.69 Å². The molecular formula is C18H24ClN7O2. The Hall–Kier alpha value is -2.49. The third kappa shape index (κ3) is 3.87. The number of rotatable bonds is 4. The van der Waals surface area contributed by atoms with Crippen LogP contribution in [-0.2, 0) is 0 Å². The van der Waals surface area contributed by atoms with E-state index in [0.717, 1.165) is 30.7 Å². The normalized spacial score (nSPS) is 18.2. The van der Waals surface area contributed by atoms with Crippen molar-refractivity contribution in [3.8, 4) is 0 Å². The summed E-state index contributed by atoms with van der Waals surface area (Å²) in [6, 6.07) is 2.07. The van der Waals surface area contributed by atoms with Gasteiger partial charge in [0.1, 0.15) is 5.65 Å². The van der Waals surface area contributed by atoms with Crippen LogP contribution in [0.5, 0.6) is 0 Å².